The summed E-state index contributed by atoms with van der Waals surface area (Å²) in [5.41, 5.74) is 0.0739. The summed E-state index contributed by atoms with van der Waals surface area (Å²) in [7, 11) is 0. The van der Waals surface area contributed by atoms with Crippen molar-refractivity contribution in [2.45, 2.75) is 12.5 Å². The number of carbonyl (C=O) groups excluding carboxylic acids is 3. The van der Waals surface area contributed by atoms with Crippen LogP contribution in [0.5, 0.6) is 0 Å². The Bertz CT molecular complexity index is 1390. The summed E-state index contributed by atoms with van der Waals surface area (Å²) < 4.78 is 0. The molecule has 32 heavy (non-hydrogen) atoms. The number of hydrogen-bond donors (Lipinski definition) is 2. The van der Waals surface area contributed by atoms with Gasteiger partial charge in [-0.25, -0.2) is 4.79 Å². The zero-order valence-electron chi connectivity index (χ0n) is 17.5. The van der Waals surface area contributed by atoms with Gasteiger partial charge in [0.15, 0.2) is 0 Å². The number of rotatable bonds is 4. The fraction of sp³-hybridized carbons (Fsp3) is 0.115. The number of nitrogens with zero attached hydrogens (tertiary/aromatic N) is 1. The molecule has 5 rings (SSSR count). The first-order valence-corrected chi connectivity index (χ1v) is 10.4. The summed E-state index contributed by atoms with van der Waals surface area (Å²) in [5, 5.41) is 9.50. The van der Waals surface area contributed by atoms with E-state index in [1.165, 1.54) is 0 Å². The van der Waals surface area contributed by atoms with E-state index in [2.05, 4.69) is 10.6 Å². The lowest BCUT2D eigenvalue weighted by atomic mass is 9.90. The Morgan fingerprint density at radius 3 is 2.38 bits per heavy atom. The maximum Gasteiger partial charge on any atom is 0.325 e. The Morgan fingerprint density at radius 2 is 1.56 bits per heavy atom. The normalized spacial score (nSPS) is 18.2. The number of carbonyl (C=O) groups is 3. The molecule has 4 aromatic carbocycles. The molecular weight excluding hydrogens is 402 g/mol. The van der Waals surface area contributed by atoms with Crippen molar-refractivity contribution < 1.29 is 14.4 Å². The predicted octanol–water partition coefficient (Wildman–Crippen LogP) is 4.40. The molecule has 6 nitrogen and oxygen atoms in total. The second kappa shape index (κ2) is 7.50. The minimum atomic E-state index is -1.24. The third kappa shape index (κ3) is 3.26. The molecule has 1 atom stereocenters. The van der Waals surface area contributed by atoms with E-state index in [-0.39, 0.29) is 6.54 Å². The van der Waals surface area contributed by atoms with Crippen molar-refractivity contribution in [2.24, 2.45) is 0 Å². The fourth-order valence-electron chi connectivity index (χ4n) is 4.20. The average Bonchev–Trinajstić information content (AvgIpc) is 3.03. The van der Waals surface area contributed by atoms with Crippen LogP contribution in [0.4, 0.5) is 10.5 Å². The highest BCUT2D eigenvalue weighted by Gasteiger charge is 2.49. The van der Waals surface area contributed by atoms with Crippen molar-refractivity contribution >= 4 is 45.1 Å². The lowest BCUT2D eigenvalue weighted by Crippen LogP contribution is -2.42. The number of hydrogen-bond acceptors (Lipinski definition) is 3. The first kappa shape index (κ1) is 19.8. The second-order valence-corrected chi connectivity index (χ2v) is 8.08. The molecule has 0 saturated carbocycles. The topological polar surface area (TPSA) is 78.5 Å². The van der Waals surface area contributed by atoms with Crippen molar-refractivity contribution in [2.75, 3.05) is 11.9 Å². The van der Waals surface area contributed by atoms with Crippen LogP contribution in [0.3, 0.4) is 0 Å². The number of anilines is 1. The van der Waals surface area contributed by atoms with Crippen LogP contribution in [0.1, 0.15) is 12.5 Å². The number of amides is 4. The summed E-state index contributed by atoms with van der Waals surface area (Å²) in [5.74, 6) is -0.890. The minimum absolute atomic E-state index is 0.364. The SMILES string of the molecule is CC1(c2ccc3ccccc3c2)NC(=O)N(CC(=O)Nc2cccc3ccccc23)C1=O. The summed E-state index contributed by atoms with van der Waals surface area (Å²) in [6.45, 7) is 1.30. The molecule has 0 bridgehead atoms. The van der Waals surface area contributed by atoms with Gasteiger partial charge in [0.1, 0.15) is 12.1 Å². The van der Waals surface area contributed by atoms with Crippen molar-refractivity contribution in [3.8, 4) is 0 Å². The number of urea groups is 1. The van der Waals surface area contributed by atoms with Gasteiger partial charge in [-0.05, 0) is 40.8 Å². The summed E-state index contributed by atoms with van der Waals surface area (Å²) in [4.78, 5) is 39.6. The van der Waals surface area contributed by atoms with E-state index < -0.39 is 23.4 Å². The van der Waals surface area contributed by atoms with Gasteiger partial charge in [0, 0.05) is 11.1 Å². The molecular formula is C26H21N3O3. The molecule has 1 aliphatic rings. The summed E-state index contributed by atoms with van der Waals surface area (Å²) >= 11 is 0. The Balaban J connectivity index is 1.38. The van der Waals surface area contributed by atoms with E-state index in [4.69, 9.17) is 0 Å². The fourth-order valence-corrected chi connectivity index (χ4v) is 4.20. The highest BCUT2D eigenvalue weighted by molar-refractivity contribution is 6.11. The smallest absolute Gasteiger partial charge is 0.324 e. The van der Waals surface area contributed by atoms with Gasteiger partial charge in [0.25, 0.3) is 5.91 Å². The Morgan fingerprint density at radius 1 is 0.875 bits per heavy atom. The van der Waals surface area contributed by atoms with E-state index in [1.54, 1.807) is 13.0 Å². The van der Waals surface area contributed by atoms with Gasteiger partial charge in [-0.1, -0.05) is 72.8 Å². The molecule has 1 heterocycles. The van der Waals surface area contributed by atoms with Gasteiger partial charge in [-0.3, -0.25) is 14.5 Å². The van der Waals surface area contributed by atoms with Crippen molar-refractivity contribution in [3.05, 3.63) is 90.5 Å². The maximum atomic E-state index is 13.2. The quantitative estimate of drug-likeness (QED) is 0.478. The largest absolute Gasteiger partial charge is 0.325 e. The molecule has 0 spiro atoms. The van der Waals surface area contributed by atoms with Crippen LogP contribution in [0, 0.1) is 0 Å². The molecule has 158 valence electrons. The molecule has 6 heteroatoms. The Labute approximate surface area is 184 Å². The summed E-state index contributed by atoms with van der Waals surface area (Å²) in [6, 6.07) is 26.2. The molecule has 0 aromatic heterocycles. The average molecular weight is 423 g/mol. The van der Waals surface area contributed by atoms with Gasteiger partial charge in [-0.15, -0.1) is 0 Å². The molecule has 1 saturated heterocycles. The molecule has 0 radical (unpaired) electrons. The van der Waals surface area contributed by atoms with Crippen LogP contribution in [0.2, 0.25) is 0 Å². The van der Waals surface area contributed by atoms with Crippen LogP contribution in [-0.2, 0) is 15.1 Å². The Hall–Kier alpha value is -4.19. The number of nitrogens with one attached hydrogen (secondary N) is 2. The standard InChI is InChI=1S/C26H21N3O3/c1-26(20-14-13-17-7-2-3-9-19(17)15-20)24(31)29(25(32)28-26)16-23(30)27-22-12-6-10-18-8-4-5-11-21(18)22/h2-15H,16H2,1H3,(H,27,30)(H,28,32). The monoisotopic (exact) mass is 423 g/mol. The van der Waals surface area contributed by atoms with Crippen molar-refractivity contribution in [1.82, 2.24) is 10.2 Å². The predicted molar refractivity (Wildman–Crippen MR) is 124 cm³/mol. The first-order chi connectivity index (χ1) is 15.5. The van der Waals surface area contributed by atoms with E-state index in [0.717, 1.165) is 26.4 Å². The molecule has 4 amide bonds. The van der Waals surface area contributed by atoms with Crippen molar-refractivity contribution in [3.63, 3.8) is 0 Å². The van der Waals surface area contributed by atoms with E-state index in [9.17, 15) is 14.4 Å². The molecule has 2 N–H and O–H groups in total. The van der Waals surface area contributed by atoms with E-state index in [0.29, 0.717) is 11.3 Å². The van der Waals surface area contributed by atoms with Gasteiger partial charge < -0.3 is 10.6 Å². The van der Waals surface area contributed by atoms with Gasteiger partial charge in [-0.2, -0.15) is 0 Å². The molecule has 1 fully saturated rings. The van der Waals surface area contributed by atoms with Gasteiger partial charge in [0.05, 0.1) is 0 Å². The lowest BCUT2D eigenvalue weighted by molar-refractivity contribution is -0.133. The molecule has 0 aliphatic carbocycles. The Kier molecular flexibility index (Phi) is 4.63. The lowest BCUT2D eigenvalue weighted by Gasteiger charge is -2.22. The van der Waals surface area contributed by atoms with Crippen LogP contribution < -0.4 is 10.6 Å². The van der Waals surface area contributed by atoms with Crippen LogP contribution in [-0.4, -0.2) is 29.3 Å². The van der Waals surface area contributed by atoms with Gasteiger partial charge in [0.2, 0.25) is 5.91 Å². The highest BCUT2D eigenvalue weighted by atomic mass is 16.2. The molecule has 1 unspecified atom stereocenters. The number of benzene rings is 4. The third-order valence-corrected chi connectivity index (χ3v) is 5.97. The third-order valence-electron chi connectivity index (χ3n) is 5.97. The highest BCUT2D eigenvalue weighted by Crippen LogP contribution is 2.31. The first-order valence-electron chi connectivity index (χ1n) is 10.4. The second-order valence-electron chi connectivity index (χ2n) is 8.08. The van der Waals surface area contributed by atoms with E-state index >= 15 is 0 Å². The summed E-state index contributed by atoms with van der Waals surface area (Å²) in [6.07, 6.45) is 0. The van der Waals surface area contributed by atoms with Crippen LogP contribution in [0.15, 0.2) is 84.9 Å². The van der Waals surface area contributed by atoms with Crippen LogP contribution in [0.25, 0.3) is 21.5 Å². The zero-order valence-corrected chi connectivity index (χ0v) is 17.5. The maximum absolute atomic E-state index is 13.2. The molecule has 1 aliphatic heterocycles. The number of imide groups is 1. The van der Waals surface area contributed by atoms with Crippen molar-refractivity contribution in [1.29, 1.82) is 0 Å². The molecule has 4 aromatic rings. The number of fused-ring (bicyclic) bond motifs is 2. The van der Waals surface area contributed by atoms with Gasteiger partial charge >= 0.3 is 6.03 Å². The zero-order chi connectivity index (χ0) is 22.3. The van der Waals surface area contributed by atoms with Crippen LogP contribution >= 0.6 is 0 Å². The van der Waals surface area contributed by atoms with E-state index in [1.807, 2.05) is 78.9 Å². The minimum Gasteiger partial charge on any atom is -0.324 e.